The topological polar surface area (TPSA) is 96.4 Å². The molecule has 1 unspecified atom stereocenters. The number of nitrogens with two attached hydrogens (primary N) is 1. The van der Waals surface area contributed by atoms with E-state index >= 15 is 0 Å². The number of ether oxygens (including phenoxy) is 2. The predicted octanol–water partition coefficient (Wildman–Crippen LogP) is 5.64. The first kappa shape index (κ1) is 27.6. The number of nitrogens with zero attached hydrogens (tertiary/aromatic N) is 2. The molecule has 1 fully saturated rings. The van der Waals surface area contributed by atoms with Gasteiger partial charge < -0.3 is 15.2 Å². The Kier molecular flexibility index (Phi) is 13.7. The number of nitrogen functional groups attached to an aromatic ring is 1. The van der Waals surface area contributed by atoms with Crippen LogP contribution in [0.5, 0.6) is 0 Å². The molecule has 0 aromatic carbocycles. The van der Waals surface area contributed by atoms with E-state index in [1.165, 1.54) is 17.4 Å². The van der Waals surface area contributed by atoms with Crippen LogP contribution in [0, 0.1) is 0 Å². The second-order valence-electron chi connectivity index (χ2n) is 8.62. The van der Waals surface area contributed by atoms with Gasteiger partial charge in [0.2, 0.25) is 0 Å². The number of unbranched alkanes of at least 4 members (excludes halogenated alkanes) is 5. The number of rotatable bonds is 16. The van der Waals surface area contributed by atoms with Gasteiger partial charge >= 0.3 is 11.7 Å². The SMILES string of the molecule is CCC=CCC=CCC=CCCCCCCCC(=O)OC[C@@H]1CCC(n2ccc(N)nc2=O)O1. The summed E-state index contributed by atoms with van der Waals surface area (Å²) in [7, 11) is 0. The van der Waals surface area contributed by atoms with E-state index in [9.17, 15) is 9.59 Å². The molecule has 0 amide bonds. The number of aromatic nitrogens is 2. The summed E-state index contributed by atoms with van der Waals surface area (Å²) in [6.45, 7) is 2.37. The quantitative estimate of drug-likeness (QED) is 0.190. The highest BCUT2D eigenvalue weighted by atomic mass is 16.6. The molecular formula is C27H41N3O4. The molecule has 7 heteroatoms. The molecule has 1 aliphatic heterocycles. The molecule has 0 radical (unpaired) electrons. The number of carbonyl (C=O) groups excluding carboxylic acids is 1. The molecule has 34 heavy (non-hydrogen) atoms. The van der Waals surface area contributed by atoms with Gasteiger partial charge in [-0.05, 0) is 57.4 Å². The minimum absolute atomic E-state index is 0.181. The van der Waals surface area contributed by atoms with E-state index in [1.807, 2.05) is 0 Å². The molecule has 2 atom stereocenters. The Morgan fingerprint density at radius 1 is 1.09 bits per heavy atom. The van der Waals surface area contributed by atoms with E-state index in [0.717, 1.165) is 51.4 Å². The number of carbonyl (C=O) groups is 1. The Balaban J connectivity index is 1.44. The molecule has 0 aliphatic carbocycles. The van der Waals surface area contributed by atoms with Crippen LogP contribution in [0.2, 0.25) is 0 Å². The molecule has 0 bridgehead atoms. The molecule has 0 saturated carbocycles. The smallest absolute Gasteiger partial charge is 0.351 e. The standard InChI is InChI=1S/C27H41N3O4/c1-2-3-4-5-6-7-8-9-10-11-12-13-14-15-16-17-26(31)33-22-23-18-19-25(34-23)30-21-20-24(28)29-27(30)32/h3-4,6-7,9-10,20-21,23,25H,2,5,8,11-19,22H2,1H3,(H2,28,29,32)/t23-,25?/m0/s1. The third kappa shape index (κ3) is 11.5. The summed E-state index contributed by atoms with van der Waals surface area (Å²) in [5.41, 5.74) is 5.09. The minimum Gasteiger partial charge on any atom is -0.463 e. The third-order valence-electron chi connectivity index (χ3n) is 5.71. The van der Waals surface area contributed by atoms with Gasteiger partial charge in [-0.2, -0.15) is 4.98 Å². The average Bonchev–Trinajstić information content (AvgIpc) is 3.29. The summed E-state index contributed by atoms with van der Waals surface area (Å²) in [5.74, 6) is 0.00997. The van der Waals surface area contributed by atoms with Gasteiger partial charge in [-0.25, -0.2) is 4.79 Å². The first-order valence-corrected chi connectivity index (χ1v) is 12.7. The first-order chi connectivity index (χ1) is 16.6. The van der Waals surface area contributed by atoms with Crippen molar-refractivity contribution in [2.75, 3.05) is 12.3 Å². The average molecular weight is 472 g/mol. The molecule has 1 aromatic heterocycles. The lowest BCUT2D eigenvalue weighted by Gasteiger charge is -2.15. The fourth-order valence-electron chi connectivity index (χ4n) is 3.81. The van der Waals surface area contributed by atoms with Gasteiger partial charge in [-0.3, -0.25) is 9.36 Å². The zero-order chi connectivity index (χ0) is 24.4. The fraction of sp³-hybridized carbons (Fsp3) is 0.593. The zero-order valence-electron chi connectivity index (χ0n) is 20.6. The van der Waals surface area contributed by atoms with Gasteiger partial charge in [0.1, 0.15) is 18.7 Å². The van der Waals surface area contributed by atoms with Crippen LogP contribution < -0.4 is 11.4 Å². The fourth-order valence-corrected chi connectivity index (χ4v) is 3.81. The van der Waals surface area contributed by atoms with Crippen molar-refractivity contribution in [3.63, 3.8) is 0 Å². The van der Waals surface area contributed by atoms with Crippen LogP contribution >= 0.6 is 0 Å². The summed E-state index contributed by atoms with van der Waals surface area (Å²) in [6, 6.07) is 1.57. The van der Waals surface area contributed by atoms with Gasteiger partial charge in [-0.1, -0.05) is 62.6 Å². The lowest BCUT2D eigenvalue weighted by Crippen LogP contribution is -2.28. The molecule has 2 N–H and O–H groups in total. The van der Waals surface area contributed by atoms with Crippen molar-refractivity contribution in [1.29, 1.82) is 0 Å². The van der Waals surface area contributed by atoms with Crippen molar-refractivity contribution in [3.8, 4) is 0 Å². The van der Waals surface area contributed by atoms with Crippen molar-refractivity contribution in [2.24, 2.45) is 0 Å². The summed E-state index contributed by atoms with van der Waals surface area (Å²) in [4.78, 5) is 27.6. The number of hydrogen-bond donors (Lipinski definition) is 1. The van der Waals surface area contributed by atoms with Crippen LogP contribution in [0.15, 0.2) is 53.5 Å². The van der Waals surface area contributed by atoms with Crippen LogP contribution in [0.4, 0.5) is 5.82 Å². The van der Waals surface area contributed by atoms with E-state index in [4.69, 9.17) is 15.2 Å². The maximum atomic E-state index is 12.0. The van der Waals surface area contributed by atoms with Crippen LogP contribution in [0.3, 0.4) is 0 Å². The molecule has 0 spiro atoms. The maximum absolute atomic E-state index is 12.0. The number of allylic oxidation sites excluding steroid dienone is 6. The first-order valence-electron chi connectivity index (χ1n) is 12.7. The van der Waals surface area contributed by atoms with Crippen molar-refractivity contribution in [1.82, 2.24) is 9.55 Å². The second kappa shape index (κ2) is 16.9. The van der Waals surface area contributed by atoms with Gasteiger partial charge in [-0.15, -0.1) is 0 Å². The molecular weight excluding hydrogens is 430 g/mol. The van der Waals surface area contributed by atoms with E-state index in [1.54, 1.807) is 12.3 Å². The molecule has 2 heterocycles. The lowest BCUT2D eigenvalue weighted by molar-refractivity contribution is -0.148. The summed E-state index contributed by atoms with van der Waals surface area (Å²) < 4.78 is 12.6. The molecule has 2 rings (SSSR count). The molecule has 1 saturated heterocycles. The largest absolute Gasteiger partial charge is 0.463 e. The number of hydrogen-bond acceptors (Lipinski definition) is 6. The maximum Gasteiger partial charge on any atom is 0.351 e. The van der Waals surface area contributed by atoms with Gasteiger partial charge in [0.25, 0.3) is 0 Å². The highest BCUT2D eigenvalue weighted by Gasteiger charge is 2.28. The lowest BCUT2D eigenvalue weighted by atomic mass is 10.1. The van der Waals surface area contributed by atoms with Crippen LogP contribution in [-0.2, 0) is 14.3 Å². The van der Waals surface area contributed by atoms with Crippen molar-refractivity contribution in [3.05, 3.63) is 59.2 Å². The normalized spacial score (nSPS) is 18.5. The Hall–Kier alpha value is -2.67. The molecule has 1 aromatic rings. The zero-order valence-corrected chi connectivity index (χ0v) is 20.6. The predicted molar refractivity (Wildman–Crippen MR) is 136 cm³/mol. The summed E-state index contributed by atoms with van der Waals surface area (Å²) in [5, 5.41) is 0. The van der Waals surface area contributed by atoms with E-state index < -0.39 is 5.69 Å². The highest BCUT2D eigenvalue weighted by molar-refractivity contribution is 5.69. The Bertz CT molecular complexity index is 860. The van der Waals surface area contributed by atoms with Crippen molar-refractivity contribution >= 4 is 11.8 Å². The summed E-state index contributed by atoms with van der Waals surface area (Å²) in [6.07, 6.45) is 25.8. The van der Waals surface area contributed by atoms with Gasteiger partial charge in [0, 0.05) is 12.6 Å². The molecule has 188 valence electrons. The van der Waals surface area contributed by atoms with Crippen LogP contribution in [-0.4, -0.2) is 28.2 Å². The second-order valence-corrected chi connectivity index (χ2v) is 8.62. The Labute approximate surface area is 203 Å². The van der Waals surface area contributed by atoms with Crippen LogP contribution in [0.25, 0.3) is 0 Å². The van der Waals surface area contributed by atoms with Crippen molar-refractivity contribution in [2.45, 2.75) is 96.3 Å². The van der Waals surface area contributed by atoms with Gasteiger partial charge in [0.15, 0.2) is 0 Å². The Morgan fingerprint density at radius 3 is 2.56 bits per heavy atom. The molecule has 7 nitrogen and oxygen atoms in total. The number of esters is 1. The van der Waals surface area contributed by atoms with E-state index in [0.29, 0.717) is 12.8 Å². The highest BCUT2D eigenvalue weighted by Crippen LogP contribution is 2.27. The third-order valence-corrected chi connectivity index (χ3v) is 5.71. The van der Waals surface area contributed by atoms with Crippen molar-refractivity contribution < 1.29 is 14.3 Å². The Morgan fingerprint density at radius 2 is 1.79 bits per heavy atom. The minimum atomic E-state index is -0.429. The molecule has 1 aliphatic rings. The van der Waals surface area contributed by atoms with E-state index in [2.05, 4.69) is 48.4 Å². The van der Waals surface area contributed by atoms with Gasteiger partial charge in [0.05, 0.1) is 6.10 Å². The van der Waals surface area contributed by atoms with E-state index in [-0.39, 0.29) is 30.7 Å². The monoisotopic (exact) mass is 471 g/mol. The number of anilines is 1. The van der Waals surface area contributed by atoms with Crippen LogP contribution in [0.1, 0.15) is 90.2 Å². The summed E-state index contributed by atoms with van der Waals surface area (Å²) >= 11 is 0.